The van der Waals surface area contributed by atoms with Crippen molar-refractivity contribution in [3.63, 3.8) is 0 Å². The molecule has 2 rings (SSSR count). The zero-order valence-corrected chi connectivity index (χ0v) is 12.0. The molecule has 0 atom stereocenters. The van der Waals surface area contributed by atoms with Crippen LogP contribution in [0.25, 0.3) is 0 Å². The molecule has 1 aromatic carbocycles. The van der Waals surface area contributed by atoms with Crippen molar-refractivity contribution in [2.24, 2.45) is 0 Å². The van der Waals surface area contributed by atoms with Crippen molar-refractivity contribution in [3.8, 4) is 5.75 Å². The van der Waals surface area contributed by atoms with Gasteiger partial charge in [0, 0.05) is 32.2 Å². The fourth-order valence-electron chi connectivity index (χ4n) is 1.86. The van der Waals surface area contributed by atoms with E-state index in [-0.39, 0.29) is 30.5 Å². The SMILES string of the molecule is CN(C)C(=O)CCOc1c(F)cccc1CNC1CC1. The average molecular weight is 280 g/mol. The minimum atomic E-state index is -0.377. The molecular weight excluding hydrogens is 259 g/mol. The molecule has 110 valence electrons. The van der Waals surface area contributed by atoms with Gasteiger partial charge in [0.15, 0.2) is 11.6 Å². The Kier molecular flexibility index (Phi) is 4.95. The highest BCUT2D eigenvalue weighted by Gasteiger charge is 2.21. The van der Waals surface area contributed by atoms with E-state index in [0.29, 0.717) is 12.6 Å². The van der Waals surface area contributed by atoms with Crippen LogP contribution in [-0.2, 0) is 11.3 Å². The number of ether oxygens (including phenoxy) is 1. The molecule has 1 aliphatic carbocycles. The quantitative estimate of drug-likeness (QED) is 0.830. The van der Waals surface area contributed by atoms with Gasteiger partial charge in [-0.2, -0.15) is 0 Å². The highest BCUT2D eigenvalue weighted by atomic mass is 19.1. The molecule has 0 aliphatic heterocycles. The van der Waals surface area contributed by atoms with Crippen molar-refractivity contribution in [1.29, 1.82) is 0 Å². The van der Waals surface area contributed by atoms with Crippen LogP contribution in [0.15, 0.2) is 18.2 Å². The molecular formula is C15H21FN2O2. The van der Waals surface area contributed by atoms with Gasteiger partial charge in [-0.05, 0) is 18.9 Å². The Morgan fingerprint density at radius 1 is 1.45 bits per heavy atom. The maximum absolute atomic E-state index is 13.8. The number of amides is 1. The second kappa shape index (κ2) is 6.70. The van der Waals surface area contributed by atoms with Crippen LogP contribution in [0.2, 0.25) is 0 Å². The highest BCUT2D eigenvalue weighted by molar-refractivity contribution is 5.75. The molecule has 1 aromatic rings. The van der Waals surface area contributed by atoms with Crippen molar-refractivity contribution in [3.05, 3.63) is 29.6 Å². The first-order valence-corrected chi connectivity index (χ1v) is 6.91. The van der Waals surface area contributed by atoms with Crippen molar-refractivity contribution < 1.29 is 13.9 Å². The van der Waals surface area contributed by atoms with Gasteiger partial charge in [0.1, 0.15) is 0 Å². The summed E-state index contributed by atoms with van der Waals surface area (Å²) in [6, 6.07) is 5.46. The van der Waals surface area contributed by atoms with Crippen LogP contribution < -0.4 is 10.1 Å². The molecule has 1 amide bonds. The van der Waals surface area contributed by atoms with E-state index in [1.165, 1.54) is 23.8 Å². The predicted octanol–water partition coefficient (Wildman–Crippen LogP) is 1.93. The normalized spacial score (nSPS) is 14.2. The molecule has 0 radical (unpaired) electrons. The first-order chi connectivity index (χ1) is 9.58. The molecule has 20 heavy (non-hydrogen) atoms. The lowest BCUT2D eigenvalue weighted by Crippen LogP contribution is -2.23. The topological polar surface area (TPSA) is 41.6 Å². The molecule has 0 aromatic heterocycles. The van der Waals surface area contributed by atoms with Crippen LogP contribution in [0.4, 0.5) is 4.39 Å². The summed E-state index contributed by atoms with van der Waals surface area (Å²) in [6.07, 6.45) is 2.61. The fraction of sp³-hybridized carbons (Fsp3) is 0.533. The number of nitrogens with zero attached hydrogens (tertiary/aromatic N) is 1. The molecule has 4 nitrogen and oxygen atoms in total. The number of rotatable bonds is 7. The highest BCUT2D eigenvalue weighted by Crippen LogP contribution is 2.25. The van der Waals surface area contributed by atoms with Gasteiger partial charge in [0.2, 0.25) is 5.91 Å². The number of para-hydroxylation sites is 1. The van der Waals surface area contributed by atoms with Gasteiger partial charge < -0.3 is 15.0 Å². The second-order valence-electron chi connectivity index (χ2n) is 5.27. The molecule has 0 bridgehead atoms. The summed E-state index contributed by atoms with van der Waals surface area (Å²) >= 11 is 0. The summed E-state index contributed by atoms with van der Waals surface area (Å²) in [5.41, 5.74) is 0.800. The Bertz CT molecular complexity index is 473. The first kappa shape index (κ1) is 14.8. The van der Waals surface area contributed by atoms with Crippen LogP contribution in [0.5, 0.6) is 5.75 Å². The monoisotopic (exact) mass is 280 g/mol. The third-order valence-electron chi connectivity index (χ3n) is 3.27. The van der Waals surface area contributed by atoms with Gasteiger partial charge in [-0.3, -0.25) is 4.79 Å². The third-order valence-corrected chi connectivity index (χ3v) is 3.27. The second-order valence-corrected chi connectivity index (χ2v) is 5.27. The van der Waals surface area contributed by atoms with Gasteiger partial charge in [-0.15, -0.1) is 0 Å². The average Bonchev–Trinajstić information content (AvgIpc) is 3.22. The van der Waals surface area contributed by atoms with E-state index < -0.39 is 0 Å². The van der Waals surface area contributed by atoms with Gasteiger partial charge in [-0.1, -0.05) is 12.1 Å². The van der Waals surface area contributed by atoms with Gasteiger partial charge in [0.05, 0.1) is 13.0 Å². The Morgan fingerprint density at radius 2 is 2.20 bits per heavy atom. The summed E-state index contributed by atoms with van der Waals surface area (Å²) in [7, 11) is 3.38. The van der Waals surface area contributed by atoms with Crippen LogP contribution >= 0.6 is 0 Å². The maximum atomic E-state index is 13.8. The van der Waals surface area contributed by atoms with E-state index in [4.69, 9.17) is 4.74 Å². The molecule has 1 N–H and O–H groups in total. The Morgan fingerprint density at radius 3 is 2.85 bits per heavy atom. The smallest absolute Gasteiger partial charge is 0.225 e. The zero-order valence-electron chi connectivity index (χ0n) is 12.0. The van der Waals surface area contributed by atoms with Crippen LogP contribution in [0.3, 0.4) is 0 Å². The summed E-state index contributed by atoms with van der Waals surface area (Å²) in [6.45, 7) is 0.785. The Balaban J connectivity index is 1.92. The molecule has 0 saturated heterocycles. The Labute approximate surface area is 118 Å². The Hall–Kier alpha value is -1.62. The summed E-state index contributed by atoms with van der Waals surface area (Å²) < 4.78 is 19.3. The molecule has 1 fully saturated rings. The molecule has 1 aliphatic rings. The fourth-order valence-corrected chi connectivity index (χ4v) is 1.86. The lowest BCUT2D eigenvalue weighted by atomic mass is 10.2. The lowest BCUT2D eigenvalue weighted by Gasteiger charge is -2.14. The van der Waals surface area contributed by atoms with Gasteiger partial charge in [-0.25, -0.2) is 4.39 Å². The summed E-state index contributed by atoms with van der Waals surface area (Å²) in [5.74, 6) is -0.149. The summed E-state index contributed by atoms with van der Waals surface area (Å²) in [4.78, 5) is 13.0. The zero-order chi connectivity index (χ0) is 14.5. The van der Waals surface area contributed by atoms with Crippen molar-refractivity contribution in [2.75, 3.05) is 20.7 Å². The van der Waals surface area contributed by atoms with Crippen LogP contribution in [0, 0.1) is 5.82 Å². The van der Waals surface area contributed by atoms with Gasteiger partial charge >= 0.3 is 0 Å². The van der Waals surface area contributed by atoms with Crippen molar-refractivity contribution in [2.45, 2.75) is 31.8 Å². The van der Waals surface area contributed by atoms with E-state index in [1.807, 2.05) is 6.07 Å². The summed E-state index contributed by atoms with van der Waals surface area (Å²) in [5, 5.41) is 3.34. The molecule has 0 unspecified atom stereocenters. The van der Waals surface area contributed by atoms with E-state index in [1.54, 1.807) is 20.2 Å². The first-order valence-electron chi connectivity index (χ1n) is 6.91. The lowest BCUT2D eigenvalue weighted by molar-refractivity contribution is -0.129. The molecule has 1 saturated carbocycles. The van der Waals surface area contributed by atoms with Gasteiger partial charge in [0.25, 0.3) is 0 Å². The van der Waals surface area contributed by atoms with Crippen molar-refractivity contribution >= 4 is 5.91 Å². The number of benzene rings is 1. The van der Waals surface area contributed by atoms with Crippen LogP contribution in [-0.4, -0.2) is 37.6 Å². The third kappa shape index (κ3) is 4.20. The largest absolute Gasteiger partial charge is 0.490 e. The maximum Gasteiger partial charge on any atom is 0.225 e. The molecule has 5 heteroatoms. The van der Waals surface area contributed by atoms with E-state index in [0.717, 1.165) is 5.56 Å². The minimum Gasteiger partial charge on any atom is -0.490 e. The molecule has 0 heterocycles. The van der Waals surface area contributed by atoms with E-state index >= 15 is 0 Å². The van der Waals surface area contributed by atoms with Crippen molar-refractivity contribution in [1.82, 2.24) is 10.2 Å². The minimum absolute atomic E-state index is 0.0287. The predicted molar refractivity (Wildman–Crippen MR) is 75.1 cm³/mol. The molecule has 0 spiro atoms. The number of hydrogen-bond acceptors (Lipinski definition) is 3. The number of carbonyl (C=O) groups excluding carboxylic acids is 1. The standard InChI is InChI=1S/C15H21FN2O2/c1-18(2)14(19)8-9-20-15-11(4-3-5-13(15)16)10-17-12-6-7-12/h3-5,12,17H,6-10H2,1-2H3. The number of halogens is 1. The number of hydrogen-bond donors (Lipinski definition) is 1. The number of nitrogens with one attached hydrogen (secondary N) is 1. The van der Waals surface area contributed by atoms with Crippen LogP contribution in [0.1, 0.15) is 24.8 Å². The van der Waals surface area contributed by atoms with E-state index in [2.05, 4.69) is 5.32 Å². The number of carbonyl (C=O) groups is 1. The van der Waals surface area contributed by atoms with E-state index in [9.17, 15) is 9.18 Å².